The molecule has 0 aliphatic rings. The zero-order chi connectivity index (χ0) is 12.1. The molecule has 1 rings (SSSR count). The van der Waals surface area contributed by atoms with Gasteiger partial charge in [-0.1, -0.05) is 6.07 Å². The molecular formula is C12H15N3O. The van der Waals surface area contributed by atoms with E-state index in [4.69, 9.17) is 5.26 Å². The summed E-state index contributed by atoms with van der Waals surface area (Å²) < 4.78 is 0. The van der Waals surface area contributed by atoms with Gasteiger partial charge in [-0.05, 0) is 31.5 Å². The van der Waals surface area contributed by atoms with Crippen molar-refractivity contribution in [3.63, 3.8) is 0 Å². The molecule has 1 atom stereocenters. The number of rotatable bonds is 3. The van der Waals surface area contributed by atoms with Crippen molar-refractivity contribution in [2.75, 3.05) is 12.4 Å². The van der Waals surface area contributed by atoms with E-state index in [1.807, 2.05) is 19.1 Å². The minimum atomic E-state index is -0.362. The number of carbonyl (C=O) groups is 1. The van der Waals surface area contributed by atoms with Gasteiger partial charge in [-0.25, -0.2) is 0 Å². The molecule has 0 aromatic heterocycles. The van der Waals surface area contributed by atoms with Crippen LogP contribution >= 0.6 is 0 Å². The SMILES string of the molecule is CNC(=O)C(C)Nc1cc(C)ccc1C#N. The van der Waals surface area contributed by atoms with Crippen LogP contribution in [-0.2, 0) is 4.79 Å². The number of amides is 1. The quantitative estimate of drug-likeness (QED) is 0.804. The predicted molar refractivity (Wildman–Crippen MR) is 63.0 cm³/mol. The van der Waals surface area contributed by atoms with E-state index in [1.165, 1.54) is 0 Å². The first kappa shape index (κ1) is 12.1. The van der Waals surface area contributed by atoms with E-state index in [0.717, 1.165) is 5.56 Å². The molecule has 0 bridgehead atoms. The van der Waals surface area contributed by atoms with Gasteiger partial charge in [0.1, 0.15) is 12.1 Å². The summed E-state index contributed by atoms with van der Waals surface area (Å²) in [4.78, 5) is 11.3. The van der Waals surface area contributed by atoms with Crippen LogP contribution in [0.2, 0.25) is 0 Å². The number of benzene rings is 1. The Bertz CT molecular complexity index is 434. The van der Waals surface area contributed by atoms with Gasteiger partial charge < -0.3 is 10.6 Å². The first-order chi connectivity index (χ1) is 7.58. The Kier molecular flexibility index (Phi) is 3.90. The lowest BCUT2D eigenvalue weighted by atomic mass is 10.1. The molecule has 4 nitrogen and oxygen atoms in total. The second-order valence-electron chi connectivity index (χ2n) is 3.64. The van der Waals surface area contributed by atoms with Crippen molar-refractivity contribution in [3.05, 3.63) is 29.3 Å². The summed E-state index contributed by atoms with van der Waals surface area (Å²) in [6.45, 7) is 3.69. The van der Waals surface area contributed by atoms with Crippen LogP contribution in [0, 0.1) is 18.3 Å². The third kappa shape index (κ3) is 2.74. The highest BCUT2D eigenvalue weighted by atomic mass is 16.2. The average molecular weight is 217 g/mol. The lowest BCUT2D eigenvalue weighted by molar-refractivity contribution is -0.121. The van der Waals surface area contributed by atoms with Gasteiger partial charge in [0.2, 0.25) is 5.91 Å². The highest BCUT2D eigenvalue weighted by Crippen LogP contribution is 2.17. The molecule has 0 heterocycles. The third-order valence-corrected chi connectivity index (χ3v) is 2.31. The zero-order valence-electron chi connectivity index (χ0n) is 9.66. The van der Waals surface area contributed by atoms with Gasteiger partial charge >= 0.3 is 0 Å². The zero-order valence-corrected chi connectivity index (χ0v) is 9.66. The fraction of sp³-hybridized carbons (Fsp3) is 0.333. The Morgan fingerprint density at radius 2 is 2.19 bits per heavy atom. The number of likely N-dealkylation sites (N-methyl/N-ethyl adjacent to an activating group) is 1. The molecule has 1 amide bonds. The van der Waals surface area contributed by atoms with Crippen molar-refractivity contribution in [1.82, 2.24) is 5.32 Å². The van der Waals surface area contributed by atoms with E-state index in [2.05, 4.69) is 16.7 Å². The van der Waals surface area contributed by atoms with Gasteiger partial charge in [-0.15, -0.1) is 0 Å². The van der Waals surface area contributed by atoms with Crippen LogP contribution < -0.4 is 10.6 Å². The van der Waals surface area contributed by atoms with Crippen LogP contribution in [0.3, 0.4) is 0 Å². The number of nitrogens with zero attached hydrogens (tertiary/aromatic N) is 1. The van der Waals surface area contributed by atoms with Crippen molar-refractivity contribution in [2.45, 2.75) is 19.9 Å². The van der Waals surface area contributed by atoms with Crippen LogP contribution in [0.1, 0.15) is 18.1 Å². The minimum absolute atomic E-state index is 0.106. The summed E-state index contributed by atoms with van der Waals surface area (Å²) in [7, 11) is 1.59. The first-order valence-corrected chi connectivity index (χ1v) is 5.07. The van der Waals surface area contributed by atoms with E-state index in [-0.39, 0.29) is 11.9 Å². The highest BCUT2D eigenvalue weighted by molar-refractivity contribution is 5.84. The maximum atomic E-state index is 11.3. The number of aryl methyl sites for hydroxylation is 1. The van der Waals surface area contributed by atoms with Gasteiger partial charge in [0.05, 0.1) is 11.3 Å². The number of carbonyl (C=O) groups excluding carboxylic acids is 1. The van der Waals surface area contributed by atoms with Crippen molar-refractivity contribution >= 4 is 11.6 Å². The standard InChI is InChI=1S/C12H15N3O/c1-8-4-5-10(7-13)11(6-8)15-9(2)12(16)14-3/h4-6,9,15H,1-3H3,(H,14,16). The molecule has 16 heavy (non-hydrogen) atoms. The molecule has 1 unspecified atom stereocenters. The van der Waals surface area contributed by atoms with Crippen molar-refractivity contribution in [3.8, 4) is 6.07 Å². The summed E-state index contributed by atoms with van der Waals surface area (Å²) in [5.74, 6) is -0.106. The fourth-order valence-corrected chi connectivity index (χ4v) is 1.39. The average Bonchev–Trinajstić information content (AvgIpc) is 2.28. The summed E-state index contributed by atoms with van der Waals surface area (Å²) >= 11 is 0. The van der Waals surface area contributed by atoms with Crippen LogP contribution in [-0.4, -0.2) is 19.0 Å². The molecule has 4 heteroatoms. The molecule has 0 saturated heterocycles. The highest BCUT2D eigenvalue weighted by Gasteiger charge is 2.12. The molecule has 0 fully saturated rings. The van der Waals surface area contributed by atoms with Crippen molar-refractivity contribution < 1.29 is 4.79 Å². The lowest BCUT2D eigenvalue weighted by Gasteiger charge is -2.15. The number of anilines is 1. The topological polar surface area (TPSA) is 64.9 Å². The number of hydrogen-bond acceptors (Lipinski definition) is 3. The Hall–Kier alpha value is -2.02. The lowest BCUT2D eigenvalue weighted by Crippen LogP contribution is -2.35. The molecular weight excluding hydrogens is 202 g/mol. The normalized spacial score (nSPS) is 11.4. The van der Waals surface area contributed by atoms with Crippen molar-refractivity contribution in [1.29, 1.82) is 5.26 Å². The molecule has 0 saturated carbocycles. The second kappa shape index (κ2) is 5.17. The maximum absolute atomic E-state index is 11.3. The van der Waals surface area contributed by atoms with Gasteiger partial charge in [-0.2, -0.15) is 5.26 Å². The third-order valence-electron chi connectivity index (χ3n) is 2.31. The van der Waals surface area contributed by atoms with E-state index in [9.17, 15) is 4.79 Å². The molecule has 0 radical (unpaired) electrons. The van der Waals surface area contributed by atoms with Crippen LogP contribution in [0.25, 0.3) is 0 Å². The Morgan fingerprint density at radius 1 is 1.50 bits per heavy atom. The monoisotopic (exact) mass is 217 g/mol. The summed E-state index contributed by atoms with van der Waals surface area (Å²) in [5.41, 5.74) is 2.28. The van der Waals surface area contributed by atoms with E-state index < -0.39 is 0 Å². The number of nitrogens with one attached hydrogen (secondary N) is 2. The Morgan fingerprint density at radius 3 is 2.75 bits per heavy atom. The van der Waals surface area contributed by atoms with Crippen LogP contribution in [0.15, 0.2) is 18.2 Å². The second-order valence-corrected chi connectivity index (χ2v) is 3.64. The summed E-state index contributed by atoms with van der Waals surface area (Å²) in [6.07, 6.45) is 0. The first-order valence-electron chi connectivity index (χ1n) is 5.07. The Labute approximate surface area is 95.3 Å². The molecule has 0 spiro atoms. The van der Waals surface area contributed by atoms with Gasteiger partial charge in [0, 0.05) is 7.05 Å². The molecule has 0 aliphatic heterocycles. The Balaban J connectivity index is 2.92. The molecule has 0 aliphatic carbocycles. The summed E-state index contributed by atoms with van der Waals surface area (Å²) in [6, 6.07) is 7.20. The smallest absolute Gasteiger partial charge is 0.241 e. The number of nitriles is 1. The number of hydrogen-bond donors (Lipinski definition) is 2. The molecule has 1 aromatic carbocycles. The fourth-order valence-electron chi connectivity index (χ4n) is 1.39. The van der Waals surface area contributed by atoms with Gasteiger partial charge in [-0.3, -0.25) is 4.79 Å². The largest absolute Gasteiger partial charge is 0.373 e. The van der Waals surface area contributed by atoms with E-state index in [1.54, 1.807) is 20.0 Å². The predicted octanol–water partition coefficient (Wildman–Crippen LogP) is 1.41. The molecule has 1 aromatic rings. The van der Waals surface area contributed by atoms with E-state index in [0.29, 0.717) is 11.3 Å². The van der Waals surface area contributed by atoms with Crippen LogP contribution in [0.5, 0.6) is 0 Å². The van der Waals surface area contributed by atoms with Gasteiger partial charge in [0.25, 0.3) is 0 Å². The minimum Gasteiger partial charge on any atom is -0.373 e. The van der Waals surface area contributed by atoms with Gasteiger partial charge in [0.15, 0.2) is 0 Å². The summed E-state index contributed by atoms with van der Waals surface area (Å²) in [5, 5.41) is 14.5. The van der Waals surface area contributed by atoms with Crippen LogP contribution in [0.4, 0.5) is 5.69 Å². The molecule has 84 valence electrons. The maximum Gasteiger partial charge on any atom is 0.241 e. The molecule has 2 N–H and O–H groups in total. The van der Waals surface area contributed by atoms with Crippen molar-refractivity contribution in [2.24, 2.45) is 0 Å². The van der Waals surface area contributed by atoms with E-state index >= 15 is 0 Å².